The molecule has 0 aliphatic carbocycles. The minimum absolute atomic E-state index is 0.0171. The predicted octanol–water partition coefficient (Wildman–Crippen LogP) is 3.20. The predicted molar refractivity (Wildman–Crippen MR) is 90.7 cm³/mol. The molecule has 0 bridgehead atoms. The van der Waals surface area contributed by atoms with Crippen molar-refractivity contribution in [3.8, 4) is 11.5 Å². The van der Waals surface area contributed by atoms with Crippen LogP contribution in [0.3, 0.4) is 0 Å². The molecule has 1 fully saturated rings. The summed E-state index contributed by atoms with van der Waals surface area (Å²) in [5.74, 6) is 2.48. The van der Waals surface area contributed by atoms with E-state index in [0.29, 0.717) is 13.0 Å². The zero-order chi connectivity index (χ0) is 16.2. The zero-order valence-corrected chi connectivity index (χ0v) is 14.1. The topological polar surface area (TPSA) is 54.6 Å². The van der Waals surface area contributed by atoms with E-state index >= 15 is 0 Å². The number of H-pyrrole nitrogens is 1. The number of rotatable bonds is 5. The van der Waals surface area contributed by atoms with Gasteiger partial charge in [-0.15, -0.1) is 11.8 Å². The average molecular weight is 332 g/mol. The molecule has 1 unspecified atom stereocenters. The normalized spacial score (nSPS) is 18.1. The van der Waals surface area contributed by atoms with Crippen molar-refractivity contribution in [1.29, 1.82) is 0 Å². The van der Waals surface area contributed by atoms with Crippen LogP contribution in [0.5, 0.6) is 11.5 Å². The van der Waals surface area contributed by atoms with E-state index in [4.69, 9.17) is 9.47 Å². The Kier molecular flexibility index (Phi) is 4.81. The van der Waals surface area contributed by atoms with Gasteiger partial charge >= 0.3 is 0 Å². The monoisotopic (exact) mass is 332 g/mol. The van der Waals surface area contributed by atoms with E-state index in [1.54, 1.807) is 26.0 Å². The van der Waals surface area contributed by atoms with Crippen LogP contribution in [0.2, 0.25) is 0 Å². The average Bonchev–Trinajstić information content (AvgIpc) is 3.10. The van der Waals surface area contributed by atoms with Crippen LogP contribution in [0.4, 0.5) is 0 Å². The standard InChI is InChI=1S/C17H20N2O3S/c1-21-13-8-12(9-14(10-13)22-2)11-19-16(20)5-7-23-17(19)15-4-3-6-18-15/h3-4,6,8-10,17-18H,5,7,11H2,1-2H3. The maximum atomic E-state index is 12.4. The van der Waals surface area contributed by atoms with Crippen molar-refractivity contribution in [1.82, 2.24) is 9.88 Å². The third-order valence-corrected chi connectivity index (χ3v) is 5.11. The fourth-order valence-electron chi connectivity index (χ4n) is 2.70. The van der Waals surface area contributed by atoms with Crippen molar-refractivity contribution < 1.29 is 14.3 Å². The molecule has 0 radical (unpaired) electrons. The van der Waals surface area contributed by atoms with Gasteiger partial charge in [0.2, 0.25) is 5.91 Å². The first kappa shape index (κ1) is 15.8. The number of benzene rings is 1. The van der Waals surface area contributed by atoms with Gasteiger partial charge < -0.3 is 19.4 Å². The van der Waals surface area contributed by atoms with Crippen LogP contribution in [0.25, 0.3) is 0 Å². The van der Waals surface area contributed by atoms with Gasteiger partial charge in [0.25, 0.3) is 0 Å². The third kappa shape index (κ3) is 3.47. The number of aromatic nitrogens is 1. The number of hydrogen-bond acceptors (Lipinski definition) is 4. The lowest BCUT2D eigenvalue weighted by Gasteiger charge is -2.34. The Labute approximate surface area is 140 Å². The highest BCUT2D eigenvalue weighted by Gasteiger charge is 2.30. The van der Waals surface area contributed by atoms with Gasteiger partial charge in [0.05, 0.1) is 14.2 Å². The number of hydrogen-bond donors (Lipinski definition) is 1. The van der Waals surface area contributed by atoms with Gasteiger partial charge in [-0.05, 0) is 29.8 Å². The third-order valence-electron chi connectivity index (χ3n) is 3.85. The van der Waals surface area contributed by atoms with Crippen LogP contribution in [-0.2, 0) is 11.3 Å². The summed E-state index contributed by atoms with van der Waals surface area (Å²) in [5.41, 5.74) is 2.05. The van der Waals surface area contributed by atoms with Gasteiger partial charge in [-0.3, -0.25) is 4.79 Å². The molecule has 2 heterocycles. The molecule has 0 spiro atoms. The summed E-state index contributed by atoms with van der Waals surface area (Å²) in [5, 5.41) is 0.0171. The summed E-state index contributed by atoms with van der Waals surface area (Å²) < 4.78 is 10.6. The van der Waals surface area contributed by atoms with E-state index in [1.807, 2.05) is 41.4 Å². The van der Waals surface area contributed by atoms with Crippen molar-refractivity contribution in [3.63, 3.8) is 0 Å². The van der Waals surface area contributed by atoms with Gasteiger partial charge in [0.1, 0.15) is 16.9 Å². The van der Waals surface area contributed by atoms with Gasteiger partial charge in [-0.1, -0.05) is 0 Å². The van der Waals surface area contributed by atoms with E-state index in [0.717, 1.165) is 28.5 Å². The minimum atomic E-state index is 0.0171. The number of carbonyl (C=O) groups is 1. The van der Waals surface area contributed by atoms with E-state index in [2.05, 4.69) is 4.98 Å². The Morgan fingerprint density at radius 3 is 2.61 bits per heavy atom. The quantitative estimate of drug-likeness (QED) is 0.913. The van der Waals surface area contributed by atoms with Crippen LogP contribution < -0.4 is 9.47 Å². The second-order valence-corrected chi connectivity index (χ2v) is 6.53. The van der Waals surface area contributed by atoms with Crippen LogP contribution in [0.1, 0.15) is 23.1 Å². The molecule has 1 aromatic carbocycles. The van der Waals surface area contributed by atoms with Gasteiger partial charge in [0.15, 0.2) is 0 Å². The first-order chi connectivity index (χ1) is 11.2. The minimum Gasteiger partial charge on any atom is -0.497 e. The number of nitrogens with zero attached hydrogens (tertiary/aromatic N) is 1. The Hall–Kier alpha value is -2.08. The van der Waals surface area contributed by atoms with Crippen LogP contribution in [-0.4, -0.2) is 35.8 Å². The highest BCUT2D eigenvalue weighted by molar-refractivity contribution is 7.99. The van der Waals surface area contributed by atoms with Crippen molar-refractivity contribution in [2.45, 2.75) is 18.3 Å². The van der Waals surface area contributed by atoms with Crippen molar-refractivity contribution in [3.05, 3.63) is 47.8 Å². The van der Waals surface area contributed by atoms with Crippen molar-refractivity contribution in [2.24, 2.45) is 0 Å². The maximum absolute atomic E-state index is 12.4. The molecule has 122 valence electrons. The number of ether oxygens (including phenoxy) is 2. The van der Waals surface area contributed by atoms with Crippen molar-refractivity contribution in [2.75, 3.05) is 20.0 Å². The summed E-state index contributed by atoms with van der Waals surface area (Å²) in [6.45, 7) is 0.531. The molecule has 23 heavy (non-hydrogen) atoms. The molecule has 1 aromatic heterocycles. The highest BCUT2D eigenvalue weighted by Crippen LogP contribution is 2.38. The second-order valence-electron chi connectivity index (χ2n) is 5.34. The molecule has 2 aromatic rings. The summed E-state index contributed by atoms with van der Waals surface area (Å²) in [4.78, 5) is 17.6. The SMILES string of the molecule is COc1cc(CN2C(=O)CCSC2c2ccc[nH]2)cc(OC)c1. The number of carbonyl (C=O) groups excluding carboxylic acids is 1. The Morgan fingerprint density at radius 1 is 1.26 bits per heavy atom. The van der Waals surface area contributed by atoms with E-state index in [9.17, 15) is 4.79 Å². The Bertz CT molecular complexity index is 650. The highest BCUT2D eigenvalue weighted by atomic mass is 32.2. The van der Waals surface area contributed by atoms with Crippen LogP contribution >= 0.6 is 11.8 Å². The van der Waals surface area contributed by atoms with Crippen LogP contribution in [0.15, 0.2) is 36.5 Å². The first-order valence-electron chi connectivity index (χ1n) is 7.47. The molecule has 1 N–H and O–H groups in total. The molecule has 1 amide bonds. The van der Waals surface area contributed by atoms with Crippen LogP contribution in [0, 0.1) is 0 Å². The van der Waals surface area contributed by atoms with E-state index < -0.39 is 0 Å². The summed E-state index contributed by atoms with van der Waals surface area (Å²) in [6, 6.07) is 9.71. The fourth-order valence-corrected chi connectivity index (χ4v) is 3.92. The zero-order valence-electron chi connectivity index (χ0n) is 13.2. The lowest BCUT2D eigenvalue weighted by Crippen LogP contribution is -2.36. The summed E-state index contributed by atoms with van der Waals surface area (Å²) in [7, 11) is 3.25. The fraction of sp³-hybridized carbons (Fsp3) is 0.353. The molecule has 1 atom stereocenters. The number of aromatic amines is 1. The molecule has 0 saturated carbocycles. The molecule has 5 nitrogen and oxygen atoms in total. The summed E-state index contributed by atoms with van der Waals surface area (Å²) >= 11 is 1.78. The molecule has 6 heteroatoms. The van der Waals surface area contributed by atoms with E-state index in [1.165, 1.54) is 0 Å². The molecular formula is C17H20N2O3S. The van der Waals surface area contributed by atoms with Crippen molar-refractivity contribution >= 4 is 17.7 Å². The Morgan fingerprint density at radius 2 is 2.00 bits per heavy atom. The number of amides is 1. The molecule has 3 rings (SSSR count). The maximum Gasteiger partial charge on any atom is 0.224 e. The number of nitrogens with one attached hydrogen (secondary N) is 1. The Balaban J connectivity index is 1.87. The van der Waals surface area contributed by atoms with Gasteiger partial charge in [-0.2, -0.15) is 0 Å². The summed E-state index contributed by atoms with van der Waals surface area (Å²) in [6.07, 6.45) is 2.46. The number of methoxy groups -OCH3 is 2. The van der Waals surface area contributed by atoms with E-state index in [-0.39, 0.29) is 11.3 Å². The molecular weight excluding hydrogens is 312 g/mol. The second kappa shape index (κ2) is 7.00. The lowest BCUT2D eigenvalue weighted by molar-refractivity contribution is -0.132. The molecule has 1 saturated heterocycles. The van der Waals surface area contributed by atoms with Gasteiger partial charge in [0, 0.05) is 36.7 Å². The lowest BCUT2D eigenvalue weighted by atomic mass is 10.1. The smallest absolute Gasteiger partial charge is 0.224 e. The molecule has 1 aliphatic heterocycles. The van der Waals surface area contributed by atoms with Gasteiger partial charge in [-0.25, -0.2) is 0 Å². The largest absolute Gasteiger partial charge is 0.497 e. The number of thioether (sulfide) groups is 1. The molecule has 1 aliphatic rings. The first-order valence-corrected chi connectivity index (χ1v) is 8.52.